The van der Waals surface area contributed by atoms with Crippen LogP contribution in [0.1, 0.15) is 26.7 Å². The van der Waals surface area contributed by atoms with Crippen LogP contribution < -0.4 is 5.73 Å². The molecule has 1 aliphatic rings. The van der Waals surface area contributed by atoms with Gasteiger partial charge in [-0.1, -0.05) is 0 Å². The van der Waals surface area contributed by atoms with Crippen molar-refractivity contribution in [3.63, 3.8) is 0 Å². The fourth-order valence-electron chi connectivity index (χ4n) is 1.94. The number of ether oxygens (including phenoxy) is 1. The van der Waals surface area contributed by atoms with Crippen LogP contribution in [-0.2, 0) is 4.74 Å². The van der Waals surface area contributed by atoms with Crippen LogP contribution in [0.4, 0.5) is 0 Å². The lowest BCUT2D eigenvalue weighted by Crippen LogP contribution is -2.51. The standard InChI is InChI=1S/C10H22N2O/c1-9(2)12-6-4-10(8-11,13-3)5-7-12/h9H,4-8,11H2,1-3H3. The Hall–Kier alpha value is -0.120. The summed E-state index contributed by atoms with van der Waals surface area (Å²) in [5.74, 6) is 0. The number of piperidine rings is 1. The first kappa shape index (κ1) is 11.0. The summed E-state index contributed by atoms with van der Waals surface area (Å²) < 4.78 is 5.50. The van der Waals surface area contributed by atoms with Gasteiger partial charge in [-0.25, -0.2) is 0 Å². The highest BCUT2D eigenvalue weighted by Crippen LogP contribution is 2.25. The lowest BCUT2D eigenvalue weighted by atomic mass is 9.91. The van der Waals surface area contributed by atoms with E-state index in [0.29, 0.717) is 12.6 Å². The topological polar surface area (TPSA) is 38.5 Å². The van der Waals surface area contributed by atoms with Gasteiger partial charge in [-0.2, -0.15) is 0 Å². The smallest absolute Gasteiger partial charge is 0.0824 e. The molecule has 0 saturated carbocycles. The highest BCUT2D eigenvalue weighted by molar-refractivity contribution is 4.88. The molecule has 2 N–H and O–H groups in total. The van der Waals surface area contributed by atoms with Crippen molar-refractivity contribution in [3.8, 4) is 0 Å². The van der Waals surface area contributed by atoms with Crippen LogP contribution in [0.5, 0.6) is 0 Å². The van der Waals surface area contributed by atoms with Crippen molar-refractivity contribution in [1.29, 1.82) is 0 Å². The van der Waals surface area contributed by atoms with E-state index < -0.39 is 0 Å². The quantitative estimate of drug-likeness (QED) is 0.709. The van der Waals surface area contributed by atoms with Crippen LogP contribution >= 0.6 is 0 Å². The number of methoxy groups -OCH3 is 1. The number of hydrogen-bond acceptors (Lipinski definition) is 3. The van der Waals surface area contributed by atoms with Crippen molar-refractivity contribution in [3.05, 3.63) is 0 Å². The Balaban J connectivity index is 2.45. The van der Waals surface area contributed by atoms with Crippen LogP contribution in [0.3, 0.4) is 0 Å². The molecule has 1 aliphatic heterocycles. The molecular formula is C10H22N2O. The van der Waals surface area contributed by atoms with Crippen molar-refractivity contribution in [2.75, 3.05) is 26.7 Å². The summed E-state index contributed by atoms with van der Waals surface area (Å²) >= 11 is 0. The van der Waals surface area contributed by atoms with E-state index in [0.717, 1.165) is 25.9 Å². The van der Waals surface area contributed by atoms with E-state index in [1.165, 1.54) is 0 Å². The van der Waals surface area contributed by atoms with Gasteiger partial charge in [0.15, 0.2) is 0 Å². The van der Waals surface area contributed by atoms with E-state index in [9.17, 15) is 0 Å². The SMILES string of the molecule is COC1(CN)CCN(C(C)C)CC1. The van der Waals surface area contributed by atoms with Gasteiger partial charge in [0.1, 0.15) is 0 Å². The van der Waals surface area contributed by atoms with E-state index in [1.807, 2.05) is 0 Å². The summed E-state index contributed by atoms with van der Waals surface area (Å²) in [6, 6.07) is 0.646. The number of nitrogens with zero attached hydrogens (tertiary/aromatic N) is 1. The summed E-state index contributed by atoms with van der Waals surface area (Å²) in [5, 5.41) is 0. The number of nitrogens with two attached hydrogens (primary N) is 1. The highest BCUT2D eigenvalue weighted by atomic mass is 16.5. The predicted molar refractivity (Wildman–Crippen MR) is 54.7 cm³/mol. The molecule has 0 aromatic heterocycles. The number of hydrogen-bond donors (Lipinski definition) is 1. The molecule has 0 radical (unpaired) electrons. The van der Waals surface area contributed by atoms with Gasteiger partial charge >= 0.3 is 0 Å². The molecular weight excluding hydrogens is 164 g/mol. The van der Waals surface area contributed by atoms with Crippen molar-refractivity contribution < 1.29 is 4.74 Å². The zero-order chi connectivity index (χ0) is 9.90. The fourth-order valence-corrected chi connectivity index (χ4v) is 1.94. The molecule has 78 valence electrons. The normalized spacial score (nSPS) is 23.8. The Morgan fingerprint density at radius 1 is 1.38 bits per heavy atom. The molecule has 1 fully saturated rings. The van der Waals surface area contributed by atoms with Crippen molar-refractivity contribution in [2.24, 2.45) is 5.73 Å². The van der Waals surface area contributed by atoms with Gasteiger partial charge in [0, 0.05) is 32.8 Å². The minimum absolute atomic E-state index is 0.0363. The molecule has 1 saturated heterocycles. The molecule has 0 aliphatic carbocycles. The molecule has 3 nitrogen and oxygen atoms in total. The molecule has 0 aromatic rings. The minimum Gasteiger partial charge on any atom is -0.377 e. The first-order chi connectivity index (χ1) is 6.13. The highest BCUT2D eigenvalue weighted by Gasteiger charge is 2.33. The number of rotatable bonds is 3. The zero-order valence-corrected chi connectivity index (χ0v) is 9.05. The maximum atomic E-state index is 5.73. The maximum absolute atomic E-state index is 5.73. The van der Waals surface area contributed by atoms with E-state index in [4.69, 9.17) is 10.5 Å². The first-order valence-corrected chi connectivity index (χ1v) is 5.13. The second kappa shape index (κ2) is 4.40. The first-order valence-electron chi connectivity index (χ1n) is 5.13. The fraction of sp³-hybridized carbons (Fsp3) is 1.00. The van der Waals surface area contributed by atoms with Crippen LogP contribution in [-0.4, -0.2) is 43.3 Å². The summed E-state index contributed by atoms with van der Waals surface area (Å²) in [6.45, 7) is 7.35. The zero-order valence-electron chi connectivity index (χ0n) is 9.05. The van der Waals surface area contributed by atoms with Gasteiger partial charge in [0.2, 0.25) is 0 Å². The molecule has 0 bridgehead atoms. The third-order valence-corrected chi connectivity index (χ3v) is 3.24. The Bertz CT molecular complexity index is 145. The van der Waals surface area contributed by atoms with E-state index in [1.54, 1.807) is 7.11 Å². The molecule has 0 aromatic carbocycles. The van der Waals surface area contributed by atoms with E-state index in [-0.39, 0.29) is 5.60 Å². The Labute approximate surface area is 81.2 Å². The molecule has 0 unspecified atom stereocenters. The minimum atomic E-state index is -0.0363. The second-order valence-electron chi connectivity index (χ2n) is 4.22. The molecule has 0 amide bonds. The molecule has 13 heavy (non-hydrogen) atoms. The van der Waals surface area contributed by atoms with Crippen LogP contribution in [0, 0.1) is 0 Å². The number of likely N-dealkylation sites (tertiary alicyclic amines) is 1. The van der Waals surface area contributed by atoms with Crippen LogP contribution in [0.25, 0.3) is 0 Å². The predicted octanol–water partition coefficient (Wildman–Crippen LogP) is 0.834. The Morgan fingerprint density at radius 3 is 2.23 bits per heavy atom. The molecule has 1 rings (SSSR count). The van der Waals surface area contributed by atoms with Gasteiger partial charge in [0.25, 0.3) is 0 Å². The summed E-state index contributed by atoms with van der Waals surface area (Å²) in [5.41, 5.74) is 5.69. The summed E-state index contributed by atoms with van der Waals surface area (Å²) in [4.78, 5) is 2.48. The second-order valence-corrected chi connectivity index (χ2v) is 4.22. The molecule has 0 spiro atoms. The van der Waals surface area contributed by atoms with Gasteiger partial charge < -0.3 is 15.4 Å². The average Bonchev–Trinajstić information content (AvgIpc) is 2.18. The lowest BCUT2D eigenvalue weighted by molar-refractivity contribution is -0.0545. The maximum Gasteiger partial charge on any atom is 0.0824 e. The van der Waals surface area contributed by atoms with Gasteiger partial charge in [-0.05, 0) is 26.7 Å². The summed E-state index contributed by atoms with van der Waals surface area (Å²) in [7, 11) is 1.78. The van der Waals surface area contributed by atoms with E-state index >= 15 is 0 Å². The van der Waals surface area contributed by atoms with Crippen LogP contribution in [0.15, 0.2) is 0 Å². The van der Waals surface area contributed by atoms with Crippen LogP contribution in [0.2, 0.25) is 0 Å². The monoisotopic (exact) mass is 186 g/mol. The third kappa shape index (κ3) is 2.42. The Morgan fingerprint density at radius 2 is 1.92 bits per heavy atom. The molecule has 3 heteroatoms. The van der Waals surface area contributed by atoms with E-state index in [2.05, 4.69) is 18.7 Å². The largest absolute Gasteiger partial charge is 0.377 e. The molecule has 1 heterocycles. The third-order valence-electron chi connectivity index (χ3n) is 3.24. The Kier molecular flexibility index (Phi) is 3.71. The van der Waals surface area contributed by atoms with Crippen molar-refractivity contribution in [1.82, 2.24) is 4.90 Å². The average molecular weight is 186 g/mol. The lowest BCUT2D eigenvalue weighted by Gasteiger charge is -2.41. The summed E-state index contributed by atoms with van der Waals surface area (Å²) in [6.07, 6.45) is 2.14. The van der Waals surface area contributed by atoms with Crippen molar-refractivity contribution in [2.45, 2.75) is 38.3 Å². The molecule has 0 atom stereocenters. The van der Waals surface area contributed by atoms with Crippen molar-refractivity contribution >= 4 is 0 Å². The van der Waals surface area contributed by atoms with Gasteiger partial charge in [0.05, 0.1) is 5.60 Å². The van der Waals surface area contributed by atoms with Gasteiger partial charge in [-0.3, -0.25) is 0 Å². The van der Waals surface area contributed by atoms with Gasteiger partial charge in [-0.15, -0.1) is 0 Å².